The molecule has 0 aliphatic heterocycles. The molecule has 3 N–H and O–H groups in total. The topological polar surface area (TPSA) is 167 Å². The molecule has 3 aromatic carbocycles. The van der Waals surface area contributed by atoms with Gasteiger partial charge in [0.2, 0.25) is 0 Å². The van der Waals surface area contributed by atoms with Crippen LogP contribution in [0.1, 0.15) is 5.56 Å². The zero-order valence-corrected chi connectivity index (χ0v) is 21.0. The molecule has 0 aliphatic rings. The standard InChI is InChI=1S/C23H25N5O7S/c1-13-8-15(24)21(33-3)10-16(13)25-27-18-11-23(35-5)19(12-22(18)34-4)28-26-17-9-14(36(29,30)31)6-7-20(17)32-2/h6-12H,24H2,1-5H3,(H,29,30,31). The van der Waals surface area contributed by atoms with Crippen molar-refractivity contribution in [3.63, 3.8) is 0 Å². The summed E-state index contributed by atoms with van der Waals surface area (Å²) < 4.78 is 53.6. The van der Waals surface area contributed by atoms with Crippen LogP contribution in [-0.2, 0) is 10.1 Å². The van der Waals surface area contributed by atoms with Crippen molar-refractivity contribution in [2.24, 2.45) is 20.5 Å². The van der Waals surface area contributed by atoms with Crippen molar-refractivity contribution in [3.05, 3.63) is 48.0 Å². The van der Waals surface area contributed by atoms with Crippen LogP contribution in [0.2, 0.25) is 0 Å². The average Bonchev–Trinajstić information content (AvgIpc) is 2.86. The van der Waals surface area contributed by atoms with Crippen LogP contribution in [0.3, 0.4) is 0 Å². The fourth-order valence-electron chi connectivity index (χ4n) is 3.13. The number of ether oxygens (including phenoxy) is 4. The number of nitrogens with zero attached hydrogens (tertiary/aromatic N) is 4. The molecule has 0 fully saturated rings. The maximum atomic E-state index is 11.5. The minimum absolute atomic E-state index is 0.0742. The molecule has 0 unspecified atom stereocenters. The van der Waals surface area contributed by atoms with E-state index < -0.39 is 10.1 Å². The largest absolute Gasteiger partial charge is 0.495 e. The number of aryl methyl sites for hydroxylation is 1. The van der Waals surface area contributed by atoms with E-state index in [0.717, 1.165) is 11.6 Å². The number of benzene rings is 3. The molecule has 3 rings (SSSR count). The molecule has 0 heterocycles. The smallest absolute Gasteiger partial charge is 0.294 e. The number of nitrogen functional groups attached to an aromatic ring is 1. The Balaban J connectivity index is 2.02. The van der Waals surface area contributed by atoms with Crippen molar-refractivity contribution in [2.45, 2.75) is 11.8 Å². The molecule has 3 aromatic rings. The predicted molar refractivity (Wildman–Crippen MR) is 133 cm³/mol. The van der Waals surface area contributed by atoms with Crippen LogP contribution in [0.4, 0.5) is 28.4 Å². The average molecular weight is 516 g/mol. The highest BCUT2D eigenvalue weighted by Crippen LogP contribution is 2.42. The Bertz CT molecular complexity index is 1440. The van der Waals surface area contributed by atoms with Crippen LogP contribution in [0.25, 0.3) is 0 Å². The van der Waals surface area contributed by atoms with E-state index in [1.54, 1.807) is 18.2 Å². The van der Waals surface area contributed by atoms with Crippen molar-refractivity contribution in [2.75, 3.05) is 34.2 Å². The number of methoxy groups -OCH3 is 4. The van der Waals surface area contributed by atoms with E-state index in [9.17, 15) is 13.0 Å². The highest BCUT2D eigenvalue weighted by molar-refractivity contribution is 7.85. The molecule has 0 saturated carbocycles. The Kier molecular flexibility index (Phi) is 8.07. The van der Waals surface area contributed by atoms with E-state index in [2.05, 4.69) is 20.5 Å². The van der Waals surface area contributed by atoms with Gasteiger partial charge in [0.05, 0.1) is 44.7 Å². The number of hydrogen-bond acceptors (Lipinski definition) is 11. The van der Waals surface area contributed by atoms with E-state index in [0.29, 0.717) is 34.3 Å². The van der Waals surface area contributed by atoms with Gasteiger partial charge < -0.3 is 24.7 Å². The maximum Gasteiger partial charge on any atom is 0.294 e. The van der Waals surface area contributed by atoms with Gasteiger partial charge in [-0.05, 0) is 36.8 Å². The lowest BCUT2D eigenvalue weighted by atomic mass is 10.1. The van der Waals surface area contributed by atoms with Crippen molar-refractivity contribution >= 4 is 38.6 Å². The summed E-state index contributed by atoms with van der Waals surface area (Å²) in [7, 11) is 1.36. The first-order valence-corrected chi connectivity index (χ1v) is 11.7. The zero-order valence-electron chi connectivity index (χ0n) is 20.2. The summed E-state index contributed by atoms with van der Waals surface area (Å²) in [5.41, 5.74) is 8.46. The predicted octanol–water partition coefficient (Wildman–Crippen LogP) is 5.69. The Labute approximate surface area is 208 Å². The Hall–Kier alpha value is -4.23. The Morgan fingerprint density at radius 2 is 1.11 bits per heavy atom. The fraction of sp³-hybridized carbons (Fsp3) is 0.217. The third kappa shape index (κ3) is 5.87. The van der Waals surface area contributed by atoms with Gasteiger partial charge >= 0.3 is 0 Å². The summed E-state index contributed by atoms with van der Waals surface area (Å²) in [5, 5.41) is 16.8. The second-order valence-electron chi connectivity index (χ2n) is 7.29. The van der Waals surface area contributed by atoms with E-state index >= 15 is 0 Å². The molecule has 0 amide bonds. The van der Waals surface area contributed by atoms with Gasteiger partial charge in [-0.3, -0.25) is 4.55 Å². The van der Waals surface area contributed by atoms with Crippen molar-refractivity contribution < 1.29 is 31.9 Å². The van der Waals surface area contributed by atoms with Crippen molar-refractivity contribution in [3.8, 4) is 23.0 Å². The lowest BCUT2D eigenvalue weighted by molar-refractivity contribution is 0.405. The van der Waals surface area contributed by atoms with Crippen molar-refractivity contribution in [1.82, 2.24) is 0 Å². The van der Waals surface area contributed by atoms with E-state index in [4.69, 9.17) is 24.7 Å². The summed E-state index contributed by atoms with van der Waals surface area (Å²) in [4.78, 5) is -0.354. The molecule has 12 nitrogen and oxygen atoms in total. The molecule has 0 aromatic heterocycles. The zero-order chi connectivity index (χ0) is 26.5. The van der Waals surface area contributed by atoms with Crippen LogP contribution in [-0.4, -0.2) is 41.4 Å². The molecule has 0 radical (unpaired) electrons. The van der Waals surface area contributed by atoms with E-state index in [1.165, 1.54) is 46.6 Å². The quantitative estimate of drug-likeness (QED) is 0.208. The van der Waals surface area contributed by atoms with Gasteiger partial charge in [0.15, 0.2) is 0 Å². The third-order valence-corrected chi connectivity index (χ3v) is 5.86. The second kappa shape index (κ2) is 11.0. The van der Waals surface area contributed by atoms with Crippen LogP contribution >= 0.6 is 0 Å². The molecular formula is C23H25N5O7S. The SMILES string of the molecule is COc1cc(N=Nc2cc(OC)c(N=Nc3cc(S(=O)(=O)O)ccc3OC)cc2OC)c(C)cc1N. The van der Waals surface area contributed by atoms with Crippen LogP contribution in [0.5, 0.6) is 23.0 Å². The molecule has 0 spiro atoms. The number of nitrogens with two attached hydrogens (primary N) is 1. The molecule has 36 heavy (non-hydrogen) atoms. The highest BCUT2D eigenvalue weighted by atomic mass is 32.2. The van der Waals surface area contributed by atoms with Crippen LogP contribution in [0.15, 0.2) is 67.8 Å². The number of azo groups is 2. The molecule has 13 heteroatoms. The summed E-state index contributed by atoms with van der Waals surface area (Å²) >= 11 is 0. The number of hydrogen-bond donors (Lipinski definition) is 2. The van der Waals surface area contributed by atoms with E-state index in [-0.39, 0.29) is 22.0 Å². The minimum Gasteiger partial charge on any atom is -0.495 e. The molecule has 0 atom stereocenters. The van der Waals surface area contributed by atoms with Crippen molar-refractivity contribution in [1.29, 1.82) is 0 Å². The van der Waals surface area contributed by atoms with Crippen LogP contribution in [0, 0.1) is 6.92 Å². The van der Waals surface area contributed by atoms with E-state index in [1.807, 2.05) is 6.92 Å². The summed E-state index contributed by atoms with van der Waals surface area (Å²) in [5.74, 6) is 1.34. The molecule has 0 aliphatic carbocycles. The maximum absolute atomic E-state index is 11.5. The Morgan fingerprint density at radius 1 is 0.667 bits per heavy atom. The fourth-order valence-corrected chi connectivity index (χ4v) is 3.63. The first kappa shape index (κ1) is 26.4. The lowest BCUT2D eigenvalue weighted by Gasteiger charge is -2.10. The summed E-state index contributed by atoms with van der Waals surface area (Å²) in [6.07, 6.45) is 0. The summed E-state index contributed by atoms with van der Waals surface area (Å²) in [6.45, 7) is 1.84. The van der Waals surface area contributed by atoms with Gasteiger partial charge in [0.1, 0.15) is 40.1 Å². The van der Waals surface area contributed by atoms with Gasteiger partial charge in [-0.25, -0.2) is 0 Å². The van der Waals surface area contributed by atoms with Gasteiger partial charge in [-0.15, -0.1) is 15.3 Å². The molecule has 190 valence electrons. The Morgan fingerprint density at radius 3 is 1.58 bits per heavy atom. The van der Waals surface area contributed by atoms with Gasteiger partial charge in [0, 0.05) is 18.2 Å². The minimum atomic E-state index is -4.44. The summed E-state index contributed by atoms with van der Waals surface area (Å²) in [6, 6.07) is 10.2. The molecule has 0 bridgehead atoms. The first-order chi connectivity index (χ1) is 17.1. The van der Waals surface area contributed by atoms with Crippen LogP contribution < -0.4 is 24.7 Å². The number of rotatable bonds is 9. The van der Waals surface area contributed by atoms with Gasteiger partial charge in [0.25, 0.3) is 10.1 Å². The first-order valence-electron chi connectivity index (χ1n) is 10.3. The normalized spacial score (nSPS) is 11.7. The lowest BCUT2D eigenvalue weighted by Crippen LogP contribution is -1.97. The molecule has 0 saturated heterocycles. The second-order valence-corrected chi connectivity index (χ2v) is 8.71. The monoisotopic (exact) mass is 515 g/mol. The van der Waals surface area contributed by atoms with Gasteiger partial charge in [-0.2, -0.15) is 13.5 Å². The third-order valence-electron chi connectivity index (χ3n) is 5.01. The highest BCUT2D eigenvalue weighted by Gasteiger charge is 2.15. The van der Waals surface area contributed by atoms with Gasteiger partial charge in [-0.1, -0.05) is 0 Å². The number of anilines is 1. The molecular weight excluding hydrogens is 490 g/mol.